The van der Waals surface area contributed by atoms with Crippen LogP contribution >= 0.6 is 0 Å². The first-order valence-electron chi connectivity index (χ1n) is 11.8. The molecule has 182 valence electrons. The molecule has 0 radical (unpaired) electrons. The van der Waals surface area contributed by atoms with Gasteiger partial charge in [0.2, 0.25) is 0 Å². The van der Waals surface area contributed by atoms with E-state index in [2.05, 4.69) is 11.8 Å². The van der Waals surface area contributed by atoms with Gasteiger partial charge in [-0.3, -0.25) is 4.79 Å². The highest BCUT2D eigenvalue weighted by atomic mass is 16.5. The summed E-state index contributed by atoms with van der Waals surface area (Å²) in [6, 6.07) is 5.46. The molecule has 7 nitrogen and oxygen atoms in total. The number of nitrogens with zero attached hydrogens (tertiary/aromatic N) is 3. The predicted octanol–water partition coefficient (Wildman–Crippen LogP) is 3.11. The van der Waals surface area contributed by atoms with Gasteiger partial charge in [-0.25, -0.2) is 0 Å². The number of rotatable bonds is 5. The fourth-order valence-corrected chi connectivity index (χ4v) is 4.01. The Morgan fingerprint density at radius 1 is 1.19 bits per heavy atom. The van der Waals surface area contributed by atoms with Crippen molar-refractivity contribution in [2.75, 3.05) is 59.4 Å². The number of hydrogen-bond acceptors (Lipinski definition) is 6. The molecule has 1 N–H and O–H groups in total. The van der Waals surface area contributed by atoms with Crippen molar-refractivity contribution in [2.24, 2.45) is 5.92 Å². The molecule has 4 atom stereocenters. The summed E-state index contributed by atoms with van der Waals surface area (Å²) in [5.74, 6) is 0.595. The van der Waals surface area contributed by atoms with E-state index in [1.807, 2.05) is 65.1 Å². The number of benzene rings is 1. The minimum atomic E-state index is -0.314. The largest absolute Gasteiger partial charge is 0.490 e. The van der Waals surface area contributed by atoms with Crippen molar-refractivity contribution >= 4 is 11.6 Å². The molecule has 7 heteroatoms. The SMILES string of the molecule is C[C@@H]1CN([C@@H](C)CO)C(=O)c2cc(N(C)C)ccc2O[C@@H](C)CCCCO[C@H]1CN(C)C. The van der Waals surface area contributed by atoms with Crippen LogP contribution in [0.4, 0.5) is 5.69 Å². The fourth-order valence-electron chi connectivity index (χ4n) is 4.01. The molecule has 1 heterocycles. The van der Waals surface area contributed by atoms with E-state index in [0.29, 0.717) is 24.5 Å². The number of fused-ring (bicyclic) bond motifs is 1. The third-order valence-corrected chi connectivity index (χ3v) is 6.10. The third-order valence-electron chi connectivity index (χ3n) is 6.10. The standard InChI is InChI=1S/C25H43N3O4/c1-18-15-28(19(2)17-29)25(30)22-14-21(27(6)7)11-12-23(22)32-20(3)10-8-9-13-31-24(18)16-26(4)5/h11-12,14,18-20,24,29H,8-10,13,15-17H2,1-7H3/t18-,19+,20+,24+/m1/s1. The van der Waals surface area contributed by atoms with E-state index in [1.54, 1.807) is 4.90 Å². The molecular formula is C25H43N3O4. The molecule has 1 amide bonds. The highest BCUT2D eigenvalue weighted by Gasteiger charge is 2.30. The van der Waals surface area contributed by atoms with Gasteiger partial charge >= 0.3 is 0 Å². The molecule has 32 heavy (non-hydrogen) atoms. The number of ether oxygens (including phenoxy) is 2. The van der Waals surface area contributed by atoms with E-state index < -0.39 is 0 Å². The lowest BCUT2D eigenvalue weighted by Crippen LogP contribution is -2.47. The van der Waals surface area contributed by atoms with E-state index in [0.717, 1.165) is 31.5 Å². The molecule has 1 aliphatic rings. The third kappa shape index (κ3) is 7.36. The van der Waals surface area contributed by atoms with E-state index in [-0.39, 0.29) is 36.7 Å². The Kier molecular flexibility index (Phi) is 10.3. The second-order valence-electron chi connectivity index (χ2n) is 9.64. The summed E-state index contributed by atoms with van der Waals surface area (Å²) in [5.41, 5.74) is 1.48. The van der Waals surface area contributed by atoms with Crippen LogP contribution in [-0.4, -0.2) is 93.6 Å². The molecule has 1 aromatic carbocycles. The van der Waals surface area contributed by atoms with Gasteiger partial charge in [-0.05, 0) is 65.4 Å². The summed E-state index contributed by atoms with van der Waals surface area (Å²) in [6.45, 7) is 7.94. The van der Waals surface area contributed by atoms with Gasteiger partial charge in [0.25, 0.3) is 5.91 Å². The maximum atomic E-state index is 13.8. The number of amides is 1. The van der Waals surface area contributed by atoms with Crippen molar-refractivity contribution in [1.29, 1.82) is 0 Å². The average molecular weight is 450 g/mol. The normalized spacial score (nSPS) is 24.5. The lowest BCUT2D eigenvalue weighted by molar-refractivity contribution is -0.0137. The molecule has 0 unspecified atom stereocenters. The lowest BCUT2D eigenvalue weighted by Gasteiger charge is -2.35. The van der Waals surface area contributed by atoms with E-state index >= 15 is 0 Å². The molecule has 0 fully saturated rings. The quantitative estimate of drug-likeness (QED) is 0.745. The number of hydrogen-bond donors (Lipinski definition) is 1. The Bertz CT molecular complexity index is 725. The Balaban J connectivity index is 2.48. The number of carbonyl (C=O) groups is 1. The molecule has 0 aliphatic carbocycles. The van der Waals surface area contributed by atoms with Gasteiger partial charge in [0.15, 0.2) is 0 Å². The smallest absolute Gasteiger partial charge is 0.258 e. The average Bonchev–Trinajstić information content (AvgIpc) is 2.74. The summed E-state index contributed by atoms with van der Waals surface area (Å²) in [7, 11) is 7.99. The van der Waals surface area contributed by atoms with Crippen molar-refractivity contribution < 1.29 is 19.4 Å². The molecule has 2 rings (SSSR count). The van der Waals surface area contributed by atoms with Crippen LogP contribution < -0.4 is 9.64 Å². The van der Waals surface area contributed by atoms with Crippen LogP contribution in [0.1, 0.15) is 50.4 Å². The maximum absolute atomic E-state index is 13.8. The van der Waals surface area contributed by atoms with Crippen LogP contribution in [0.15, 0.2) is 18.2 Å². The molecule has 0 bridgehead atoms. The first-order chi connectivity index (χ1) is 15.1. The highest BCUT2D eigenvalue weighted by molar-refractivity contribution is 5.98. The van der Waals surface area contributed by atoms with Gasteiger partial charge in [0, 0.05) is 45.4 Å². The van der Waals surface area contributed by atoms with Crippen LogP contribution in [0.5, 0.6) is 5.75 Å². The van der Waals surface area contributed by atoms with Crippen molar-refractivity contribution in [3.63, 3.8) is 0 Å². The number of anilines is 1. The highest BCUT2D eigenvalue weighted by Crippen LogP contribution is 2.29. The van der Waals surface area contributed by atoms with Gasteiger partial charge in [0.05, 0.1) is 30.4 Å². The van der Waals surface area contributed by atoms with Crippen molar-refractivity contribution in [3.8, 4) is 5.75 Å². The van der Waals surface area contributed by atoms with E-state index in [9.17, 15) is 9.90 Å². The van der Waals surface area contributed by atoms with Gasteiger partial charge in [-0.15, -0.1) is 0 Å². The van der Waals surface area contributed by atoms with E-state index in [4.69, 9.17) is 9.47 Å². The van der Waals surface area contributed by atoms with Crippen molar-refractivity contribution in [3.05, 3.63) is 23.8 Å². The Hall–Kier alpha value is -1.83. The number of aliphatic hydroxyl groups excluding tert-OH is 1. The molecule has 1 aromatic rings. The van der Waals surface area contributed by atoms with Crippen LogP contribution in [0.2, 0.25) is 0 Å². The molecule has 0 spiro atoms. The summed E-state index contributed by atoms with van der Waals surface area (Å²) in [4.78, 5) is 19.7. The second-order valence-corrected chi connectivity index (χ2v) is 9.64. The van der Waals surface area contributed by atoms with Crippen LogP contribution in [-0.2, 0) is 4.74 Å². The van der Waals surface area contributed by atoms with Gasteiger partial charge in [-0.1, -0.05) is 6.92 Å². The Morgan fingerprint density at radius 3 is 2.53 bits per heavy atom. The zero-order chi connectivity index (χ0) is 23.8. The van der Waals surface area contributed by atoms with Crippen molar-refractivity contribution in [2.45, 2.75) is 58.3 Å². The van der Waals surface area contributed by atoms with Gasteiger partial charge < -0.3 is 29.3 Å². The lowest BCUT2D eigenvalue weighted by atomic mass is 10.0. The van der Waals surface area contributed by atoms with Crippen LogP contribution in [0.3, 0.4) is 0 Å². The minimum Gasteiger partial charge on any atom is -0.490 e. The van der Waals surface area contributed by atoms with Crippen LogP contribution in [0.25, 0.3) is 0 Å². The molecule has 1 aliphatic heterocycles. The van der Waals surface area contributed by atoms with Crippen LogP contribution in [0, 0.1) is 5.92 Å². The number of carbonyl (C=O) groups excluding carboxylic acids is 1. The molecular weight excluding hydrogens is 406 g/mol. The van der Waals surface area contributed by atoms with E-state index in [1.165, 1.54) is 0 Å². The zero-order valence-electron chi connectivity index (χ0n) is 21.0. The number of aliphatic hydroxyl groups is 1. The second kappa shape index (κ2) is 12.4. The number of likely N-dealkylation sites (N-methyl/N-ethyl adjacent to an activating group) is 1. The fraction of sp³-hybridized carbons (Fsp3) is 0.720. The summed E-state index contributed by atoms with van der Waals surface area (Å²) in [5, 5.41) is 9.93. The predicted molar refractivity (Wildman–Crippen MR) is 130 cm³/mol. The Labute approximate surface area is 194 Å². The maximum Gasteiger partial charge on any atom is 0.258 e. The zero-order valence-corrected chi connectivity index (χ0v) is 21.0. The van der Waals surface area contributed by atoms with Gasteiger partial charge in [-0.2, -0.15) is 0 Å². The topological polar surface area (TPSA) is 65.5 Å². The summed E-state index contributed by atoms with van der Waals surface area (Å²) in [6.07, 6.45) is 2.89. The minimum absolute atomic E-state index is 0.00472. The Morgan fingerprint density at radius 2 is 1.91 bits per heavy atom. The summed E-state index contributed by atoms with van der Waals surface area (Å²) < 4.78 is 12.5. The van der Waals surface area contributed by atoms with Crippen molar-refractivity contribution in [1.82, 2.24) is 9.80 Å². The summed E-state index contributed by atoms with van der Waals surface area (Å²) >= 11 is 0. The first-order valence-corrected chi connectivity index (χ1v) is 11.8. The first kappa shape index (κ1) is 26.4. The molecule has 0 saturated carbocycles. The molecule has 0 aromatic heterocycles. The van der Waals surface area contributed by atoms with Gasteiger partial charge in [0.1, 0.15) is 5.75 Å². The molecule has 0 saturated heterocycles. The monoisotopic (exact) mass is 449 g/mol.